The highest BCUT2D eigenvalue weighted by Crippen LogP contribution is 2.04. The van der Waals surface area contributed by atoms with Crippen LogP contribution in [0.2, 0.25) is 0 Å². The average Bonchev–Trinajstić information content (AvgIpc) is 3.12. The number of imidazole rings is 2. The predicted molar refractivity (Wildman–Crippen MR) is 77.0 cm³/mol. The number of aromatic amines is 2. The molecule has 0 fully saturated rings. The van der Waals surface area contributed by atoms with Crippen LogP contribution < -0.4 is 11.5 Å². The van der Waals surface area contributed by atoms with Gasteiger partial charge in [0.15, 0.2) is 0 Å². The largest absolute Gasteiger partial charge is 0.480 e. The van der Waals surface area contributed by atoms with E-state index in [9.17, 15) is 9.59 Å². The Kier molecular flexibility index (Phi) is 6.38. The van der Waals surface area contributed by atoms with Gasteiger partial charge in [0, 0.05) is 25.2 Å². The Bertz CT molecular complexity index is 610. The lowest BCUT2D eigenvalue weighted by Crippen LogP contribution is -2.49. The molecule has 2 aromatic rings. The average molecular weight is 326 g/mol. The summed E-state index contributed by atoms with van der Waals surface area (Å²) in [5.41, 5.74) is 9.14. The molecule has 0 saturated carbocycles. The number of aliphatic carboxylic acids is 2. The molecule has 0 unspecified atom stereocenters. The Labute approximate surface area is 130 Å². The molecule has 0 radical (unpaired) electrons. The van der Waals surface area contributed by atoms with E-state index in [-0.39, 0.29) is 12.8 Å². The molecular formula is C12H18N6O5. The van der Waals surface area contributed by atoms with Crippen LogP contribution in [0.3, 0.4) is 0 Å². The van der Waals surface area contributed by atoms with Crippen LogP contribution in [-0.4, -0.2) is 59.0 Å². The van der Waals surface area contributed by atoms with Crippen LogP contribution in [0.1, 0.15) is 11.4 Å². The number of nitrogens with zero attached hydrogens (tertiary/aromatic N) is 2. The number of aromatic nitrogens is 4. The standard InChI is InChI=1S/C6H9N3O3.C6H9N3O2/c7-6(12,5(10)11)1-4-2-8-3-9-4;7-5(6(10)11)1-4-2-8-3-9-4/h2-3,12H,1,7H2,(H,8,9)(H,10,11);2-3,5H,1,7H2,(H,8,9)(H,10,11)/t6-;5-/m11/s1. The number of carbonyl (C=O) groups is 2. The Morgan fingerprint density at radius 1 is 1.17 bits per heavy atom. The van der Waals surface area contributed by atoms with Crippen molar-refractivity contribution in [2.45, 2.75) is 24.6 Å². The summed E-state index contributed by atoms with van der Waals surface area (Å²) in [6, 6.07) is -0.863. The first-order valence-corrected chi connectivity index (χ1v) is 6.40. The first-order valence-electron chi connectivity index (χ1n) is 6.40. The smallest absolute Gasteiger partial charge is 0.351 e. The minimum absolute atomic E-state index is 0.216. The van der Waals surface area contributed by atoms with Crippen molar-refractivity contribution in [3.8, 4) is 0 Å². The van der Waals surface area contributed by atoms with Crippen molar-refractivity contribution in [3.05, 3.63) is 36.4 Å². The third kappa shape index (κ3) is 6.25. The zero-order chi connectivity index (χ0) is 17.5. The van der Waals surface area contributed by atoms with Crippen molar-refractivity contribution in [1.29, 1.82) is 0 Å². The third-order valence-electron chi connectivity index (χ3n) is 2.68. The van der Waals surface area contributed by atoms with Gasteiger partial charge in [0.05, 0.1) is 24.0 Å². The maximum atomic E-state index is 10.3. The molecule has 23 heavy (non-hydrogen) atoms. The molecule has 2 rings (SSSR count). The summed E-state index contributed by atoms with van der Waals surface area (Å²) in [6.07, 6.45) is 6.02. The summed E-state index contributed by atoms with van der Waals surface area (Å²) in [7, 11) is 0. The molecule has 0 spiro atoms. The molecule has 0 saturated heterocycles. The van der Waals surface area contributed by atoms with Crippen LogP contribution in [-0.2, 0) is 22.4 Å². The molecule has 0 bridgehead atoms. The van der Waals surface area contributed by atoms with Crippen molar-refractivity contribution < 1.29 is 24.9 Å². The van der Waals surface area contributed by atoms with Crippen LogP contribution in [0.25, 0.3) is 0 Å². The summed E-state index contributed by atoms with van der Waals surface area (Å²) >= 11 is 0. The van der Waals surface area contributed by atoms with Crippen molar-refractivity contribution in [2.75, 3.05) is 0 Å². The fourth-order valence-corrected chi connectivity index (χ4v) is 1.45. The number of nitrogens with one attached hydrogen (secondary N) is 2. The van der Waals surface area contributed by atoms with Gasteiger partial charge in [-0.15, -0.1) is 0 Å². The molecule has 0 aromatic carbocycles. The highest BCUT2D eigenvalue weighted by molar-refractivity contribution is 5.76. The van der Waals surface area contributed by atoms with Crippen LogP contribution >= 0.6 is 0 Å². The number of H-pyrrole nitrogens is 2. The zero-order valence-electron chi connectivity index (χ0n) is 12.0. The van der Waals surface area contributed by atoms with E-state index in [1.807, 2.05) is 0 Å². The molecule has 9 N–H and O–H groups in total. The second-order valence-electron chi connectivity index (χ2n) is 4.68. The quantitative estimate of drug-likeness (QED) is 0.294. The number of carboxylic acid groups (broad SMARTS) is 2. The Morgan fingerprint density at radius 3 is 2.09 bits per heavy atom. The number of carboxylic acids is 2. The van der Waals surface area contributed by atoms with Gasteiger partial charge in [-0.3, -0.25) is 10.5 Å². The Balaban J connectivity index is 0.000000231. The molecule has 2 aromatic heterocycles. The fourth-order valence-electron chi connectivity index (χ4n) is 1.45. The van der Waals surface area contributed by atoms with Gasteiger partial charge in [0.25, 0.3) is 0 Å². The van der Waals surface area contributed by atoms with Crippen LogP contribution in [0.15, 0.2) is 25.0 Å². The highest BCUT2D eigenvalue weighted by atomic mass is 16.4. The summed E-state index contributed by atoms with van der Waals surface area (Å²) in [6.45, 7) is 0. The van der Waals surface area contributed by atoms with E-state index in [2.05, 4.69) is 19.9 Å². The van der Waals surface area contributed by atoms with Gasteiger partial charge in [-0.1, -0.05) is 0 Å². The van der Waals surface area contributed by atoms with Crippen molar-refractivity contribution in [3.63, 3.8) is 0 Å². The lowest BCUT2D eigenvalue weighted by Gasteiger charge is -2.15. The lowest BCUT2D eigenvalue weighted by atomic mass is 10.1. The molecule has 2 heterocycles. The highest BCUT2D eigenvalue weighted by Gasteiger charge is 2.31. The maximum absolute atomic E-state index is 10.3. The summed E-state index contributed by atoms with van der Waals surface area (Å²) < 4.78 is 0. The Hall–Kier alpha value is -2.76. The minimum Gasteiger partial charge on any atom is -0.480 e. The number of hydrogen-bond donors (Lipinski definition) is 7. The second kappa shape index (κ2) is 8.03. The van der Waals surface area contributed by atoms with Crippen LogP contribution in [0.5, 0.6) is 0 Å². The molecule has 0 aliphatic carbocycles. The number of rotatable bonds is 6. The molecule has 0 aliphatic rings. The summed E-state index contributed by atoms with van der Waals surface area (Å²) in [5.74, 6) is -2.47. The van der Waals surface area contributed by atoms with Gasteiger partial charge >= 0.3 is 11.9 Å². The molecule has 0 amide bonds. The number of nitrogens with two attached hydrogens (primary N) is 2. The van der Waals surface area contributed by atoms with Crippen molar-refractivity contribution >= 4 is 11.9 Å². The van der Waals surface area contributed by atoms with Crippen LogP contribution in [0, 0.1) is 0 Å². The summed E-state index contributed by atoms with van der Waals surface area (Å²) in [4.78, 5) is 33.5. The minimum atomic E-state index is -2.24. The second-order valence-corrected chi connectivity index (χ2v) is 4.68. The third-order valence-corrected chi connectivity index (χ3v) is 2.68. The van der Waals surface area contributed by atoms with E-state index >= 15 is 0 Å². The van der Waals surface area contributed by atoms with Gasteiger partial charge in [-0.05, 0) is 0 Å². The first kappa shape index (κ1) is 18.3. The molecule has 0 aliphatic heterocycles. The normalized spacial score (nSPS) is 14.2. The van der Waals surface area contributed by atoms with Gasteiger partial charge in [-0.25, -0.2) is 14.8 Å². The fraction of sp³-hybridized carbons (Fsp3) is 0.333. The van der Waals surface area contributed by atoms with E-state index in [0.29, 0.717) is 11.4 Å². The van der Waals surface area contributed by atoms with E-state index in [1.165, 1.54) is 18.9 Å². The molecule has 11 heteroatoms. The lowest BCUT2D eigenvalue weighted by molar-refractivity contribution is -0.157. The SMILES string of the molecule is N[C@@](O)(Cc1c[nH]cn1)C(=O)O.N[C@H](Cc1c[nH]cn1)C(=O)O. The predicted octanol–water partition coefficient (Wildman–Crippen LogP) is -1.95. The molecule has 126 valence electrons. The number of aliphatic hydroxyl groups is 1. The zero-order valence-corrected chi connectivity index (χ0v) is 12.0. The van der Waals surface area contributed by atoms with Gasteiger partial charge in [-0.2, -0.15) is 0 Å². The van der Waals surface area contributed by atoms with E-state index in [1.54, 1.807) is 6.20 Å². The first-order chi connectivity index (χ1) is 10.7. The van der Waals surface area contributed by atoms with E-state index in [0.717, 1.165) is 0 Å². The van der Waals surface area contributed by atoms with Gasteiger partial charge in [0.1, 0.15) is 6.04 Å². The number of hydrogen-bond acceptors (Lipinski definition) is 7. The van der Waals surface area contributed by atoms with E-state index in [4.69, 9.17) is 26.8 Å². The topological polar surface area (TPSA) is 204 Å². The summed E-state index contributed by atoms with van der Waals surface area (Å²) in [5, 5.41) is 25.9. The Morgan fingerprint density at radius 2 is 1.70 bits per heavy atom. The van der Waals surface area contributed by atoms with Gasteiger partial charge in [0.2, 0.25) is 5.72 Å². The monoisotopic (exact) mass is 326 g/mol. The van der Waals surface area contributed by atoms with Crippen molar-refractivity contribution in [2.24, 2.45) is 11.5 Å². The maximum Gasteiger partial charge on any atom is 0.351 e. The van der Waals surface area contributed by atoms with Crippen molar-refractivity contribution in [1.82, 2.24) is 19.9 Å². The molecular weight excluding hydrogens is 308 g/mol. The van der Waals surface area contributed by atoms with E-state index < -0.39 is 23.7 Å². The van der Waals surface area contributed by atoms with Crippen LogP contribution in [0.4, 0.5) is 0 Å². The molecule has 11 nitrogen and oxygen atoms in total. The van der Waals surface area contributed by atoms with Gasteiger partial charge < -0.3 is 31.0 Å². The molecule has 2 atom stereocenters.